The third-order valence-corrected chi connectivity index (χ3v) is 3.83. The molecule has 0 atom stereocenters. The third kappa shape index (κ3) is 1.75. The van der Waals surface area contributed by atoms with Crippen molar-refractivity contribution in [2.75, 3.05) is 11.9 Å². The van der Waals surface area contributed by atoms with E-state index in [1.807, 2.05) is 0 Å². The van der Waals surface area contributed by atoms with Crippen LogP contribution in [0.25, 0.3) is 0 Å². The average Bonchev–Trinajstić information content (AvgIpc) is 2.24. The van der Waals surface area contributed by atoms with Crippen molar-refractivity contribution in [3.8, 4) is 0 Å². The van der Waals surface area contributed by atoms with E-state index < -0.39 is 0 Å². The summed E-state index contributed by atoms with van der Waals surface area (Å²) in [6, 6.07) is 6.93. The lowest BCUT2D eigenvalue weighted by Crippen LogP contribution is -2.44. The van der Waals surface area contributed by atoms with Crippen molar-refractivity contribution in [2.45, 2.75) is 45.6 Å². The minimum absolute atomic E-state index is 0.305. The average molecular weight is 203 g/mol. The van der Waals surface area contributed by atoms with Gasteiger partial charge >= 0.3 is 0 Å². The normalized spacial score (nSPS) is 18.8. The van der Waals surface area contributed by atoms with E-state index in [1.165, 1.54) is 29.7 Å². The van der Waals surface area contributed by atoms with Gasteiger partial charge in [0.2, 0.25) is 0 Å². The summed E-state index contributed by atoms with van der Waals surface area (Å²) in [4.78, 5) is 2.44. The number of anilines is 1. The lowest BCUT2D eigenvalue weighted by molar-refractivity contribution is 0.431. The highest BCUT2D eigenvalue weighted by Crippen LogP contribution is 2.35. The van der Waals surface area contributed by atoms with Crippen molar-refractivity contribution in [2.24, 2.45) is 0 Å². The van der Waals surface area contributed by atoms with Gasteiger partial charge in [-0.1, -0.05) is 19.1 Å². The van der Waals surface area contributed by atoms with Crippen LogP contribution in [0.15, 0.2) is 18.2 Å². The van der Waals surface area contributed by atoms with E-state index in [2.05, 4.69) is 50.9 Å². The van der Waals surface area contributed by atoms with Crippen molar-refractivity contribution in [1.82, 2.24) is 0 Å². The largest absolute Gasteiger partial charge is 0.369 e. The standard InChI is InChI=1S/C14H21N/c1-5-11-6-7-12-8-9-14(2,3)15(4)13(12)10-11/h6-7,10H,5,8-9H2,1-4H3. The predicted octanol–water partition coefficient (Wildman–Crippen LogP) is 3.41. The van der Waals surface area contributed by atoms with Gasteiger partial charge in [-0.3, -0.25) is 0 Å². The molecular weight excluding hydrogens is 182 g/mol. The van der Waals surface area contributed by atoms with Crippen LogP contribution in [-0.4, -0.2) is 12.6 Å². The first kappa shape index (κ1) is 10.5. The van der Waals surface area contributed by atoms with Crippen LogP contribution in [0.2, 0.25) is 0 Å². The summed E-state index contributed by atoms with van der Waals surface area (Å²) in [7, 11) is 2.22. The van der Waals surface area contributed by atoms with Gasteiger partial charge in [0.15, 0.2) is 0 Å². The van der Waals surface area contributed by atoms with E-state index >= 15 is 0 Å². The molecule has 0 spiro atoms. The maximum absolute atomic E-state index is 2.44. The predicted molar refractivity (Wildman–Crippen MR) is 66.6 cm³/mol. The summed E-state index contributed by atoms with van der Waals surface area (Å²) < 4.78 is 0. The molecule has 0 aromatic heterocycles. The van der Waals surface area contributed by atoms with Crippen LogP contribution in [-0.2, 0) is 12.8 Å². The summed E-state index contributed by atoms with van der Waals surface area (Å²) in [5.74, 6) is 0. The van der Waals surface area contributed by atoms with Crippen LogP contribution >= 0.6 is 0 Å². The van der Waals surface area contributed by atoms with Crippen molar-refractivity contribution >= 4 is 5.69 Å². The van der Waals surface area contributed by atoms with Crippen LogP contribution < -0.4 is 4.90 Å². The molecule has 0 radical (unpaired) electrons. The number of benzene rings is 1. The molecule has 1 heteroatoms. The molecular formula is C14H21N. The highest BCUT2D eigenvalue weighted by atomic mass is 15.2. The topological polar surface area (TPSA) is 3.24 Å². The van der Waals surface area contributed by atoms with E-state index in [0.29, 0.717) is 5.54 Å². The monoisotopic (exact) mass is 203 g/mol. The van der Waals surface area contributed by atoms with Crippen LogP contribution in [0.5, 0.6) is 0 Å². The first-order chi connectivity index (χ1) is 7.04. The van der Waals surface area contributed by atoms with Crippen molar-refractivity contribution < 1.29 is 0 Å². The number of hydrogen-bond acceptors (Lipinski definition) is 1. The Morgan fingerprint density at radius 3 is 2.73 bits per heavy atom. The van der Waals surface area contributed by atoms with Gasteiger partial charge in [-0.2, -0.15) is 0 Å². The fourth-order valence-electron chi connectivity index (χ4n) is 2.29. The van der Waals surface area contributed by atoms with E-state index in [4.69, 9.17) is 0 Å². The molecule has 0 bridgehead atoms. The van der Waals surface area contributed by atoms with E-state index in [0.717, 1.165) is 6.42 Å². The lowest BCUT2D eigenvalue weighted by Gasteiger charge is -2.43. The van der Waals surface area contributed by atoms with E-state index in [1.54, 1.807) is 0 Å². The number of fused-ring (bicyclic) bond motifs is 1. The minimum atomic E-state index is 0.305. The Hall–Kier alpha value is -0.980. The molecule has 1 nitrogen and oxygen atoms in total. The molecule has 0 saturated carbocycles. The summed E-state index contributed by atoms with van der Waals surface area (Å²) in [6.07, 6.45) is 3.60. The Morgan fingerprint density at radius 1 is 1.33 bits per heavy atom. The SMILES string of the molecule is CCc1ccc2c(c1)N(C)C(C)(C)CC2. The van der Waals surface area contributed by atoms with Crippen molar-refractivity contribution in [1.29, 1.82) is 0 Å². The molecule has 0 N–H and O–H groups in total. The van der Waals surface area contributed by atoms with E-state index in [-0.39, 0.29) is 0 Å². The van der Waals surface area contributed by atoms with Crippen molar-refractivity contribution in [3.05, 3.63) is 29.3 Å². The van der Waals surface area contributed by atoms with Crippen LogP contribution in [0.1, 0.15) is 38.3 Å². The number of hydrogen-bond donors (Lipinski definition) is 0. The molecule has 1 aromatic carbocycles. The smallest absolute Gasteiger partial charge is 0.0403 e. The number of aryl methyl sites for hydroxylation is 2. The summed E-state index contributed by atoms with van der Waals surface area (Å²) in [5, 5.41) is 0. The summed E-state index contributed by atoms with van der Waals surface area (Å²) in [6.45, 7) is 6.87. The summed E-state index contributed by atoms with van der Waals surface area (Å²) in [5.41, 5.74) is 4.69. The molecule has 0 amide bonds. The second-order valence-electron chi connectivity index (χ2n) is 5.19. The fourth-order valence-corrected chi connectivity index (χ4v) is 2.29. The minimum Gasteiger partial charge on any atom is -0.369 e. The second-order valence-corrected chi connectivity index (χ2v) is 5.19. The number of nitrogens with zero attached hydrogens (tertiary/aromatic N) is 1. The summed E-state index contributed by atoms with van der Waals surface area (Å²) >= 11 is 0. The van der Waals surface area contributed by atoms with E-state index in [9.17, 15) is 0 Å². The lowest BCUT2D eigenvalue weighted by atomic mass is 9.87. The third-order valence-electron chi connectivity index (χ3n) is 3.83. The molecule has 1 aliphatic heterocycles. The molecule has 82 valence electrons. The number of rotatable bonds is 1. The molecule has 1 aromatic rings. The second kappa shape index (κ2) is 3.55. The quantitative estimate of drug-likeness (QED) is 0.676. The molecule has 0 saturated heterocycles. The van der Waals surface area contributed by atoms with Crippen LogP contribution in [0.3, 0.4) is 0 Å². The van der Waals surface area contributed by atoms with Gasteiger partial charge in [0.1, 0.15) is 0 Å². The highest BCUT2D eigenvalue weighted by Gasteiger charge is 2.29. The van der Waals surface area contributed by atoms with Gasteiger partial charge in [-0.15, -0.1) is 0 Å². The van der Waals surface area contributed by atoms with Crippen LogP contribution in [0, 0.1) is 0 Å². The van der Waals surface area contributed by atoms with Gasteiger partial charge in [0.25, 0.3) is 0 Å². The zero-order chi connectivity index (χ0) is 11.1. The molecule has 2 rings (SSSR count). The maximum Gasteiger partial charge on any atom is 0.0403 e. The molecule has 0 fully saturated rings. The first-order valence-corrected chi connectivity index (χ1v) is 5.90. The Labute approximate surface area is 93.1 Å². The Balaban J connectivity index is 2.44. The molecule has 0 unspecified atom stereocenters. The highest BCUT2D eigenvalue weighted by molar-refractivity contribution is 5.58. The van der Waals surface area contributed by atoms with Crippen molar-refractivity contribution in [3.63, 3.8) is 0 Å². The van der Waals surface area contributed by atoms with Gasteiger partial charge in [0.05, 0.1) is 0 Å². The first-order valence-electron chi connectivity index (χ1n) is 5.90. The Kier molecular flexibility index (Phi) is 2.49. The maximum atomic E-state index is 2.44. The molecule has 15 heavy (non-hydrogen) atoms. The van der Waals surface area contributed by atoms with Gasteiger partial charge in [0, 0.05) is 18.3 Å². The van der Waals surface area contributed by atoms with Gasteiger partial charge < -0.3 is 4.90 Å². The zero-order valence-corrected chi connectivity index (χ0v) is 10.3. The van der Waals surface area contributed by atoms with Gasteiger partial charge in [-0.05, 0) is 50.3 Å². The van der Waals surface area contributed by atoms with Gasteiger partial charge in [-0.25, -0.2) is 0 Å². The Morgan fingerprint density at radius 2 is 2.07 bits per heavy atom. The fraction of sp³-hybridized carbons (Fsp3) is 0.571. The van der Waals surface area contributed by atoms with Crippen LogP contribution in [0.4, 0.5) is 5.69 Å². The molecule has 0 aliphatic carbocycles. The molecule has 1 aliphatic rings. The Bertz CT molecular complexity index is 366. The zero-order valence-electron chi connectivity index (χ0n) is 10.3. The molecule has 1 heterocycles.